The summed E-state index contributed by atoms with van der Waals surface area (Å²) in [5, 5.41) is 7.73. The first kappa shape index (κ1) is 16.6. The molecule has 1 fully saturated rings. The van der Waals surface area contributed by atoms with E-state index in [4.69, 9.17) is 17.0 Å². The Morgan fingerprint density at radius 1 is 1.27 bits per heavy atom. The summed E-state index contributed by atoms with van der Waals surface area (Å²) >= 11 is 5.16. The van der Waals surface area contributed by atoms with Crippen molar-refractivity contribution >= 4 is 29.6 Å². The Kier molecular flexibility index (Phi) is 7.59. The van der Waals surface area contributed by atoms with Crippen molar-refractivity contribution in [2.75, 3.05) is 39.4 Å². The van der Waals surface area contributed by atoms with Crippen molar-refractivity contribution in [2.45, 2.75) is 0 Å². The van der Waals surface area contributed by atoms with Crippen molar-refractivity contribution in [2.24, 2.45) is 5.10 Å². The lowest BCUT2D eigenvalue weighted by Gasteiger charge is -2.26. The second-order valence-electron chi connectivity index (χ2n) is 4.87. The number of benzene rings is 1. The third-order valence-corrected chi connectivity index (χ3v) is 3.47. The molecule has 0 aliphatic carbocycles. The fourth-order valence-corrected chi connectivity index (χ4v) is 2.20. The molecular formula is C16H22N4OS. The Balaban J connectivity index is 1.57. The summed E-state index contributed by atoms with van der Waals surface area (Å²) in [6.07, 6.45) is 5.54. The molecule has 0 aromatic heterocycles. The van der Waals surface area contributed by atoms with E-state index in [-0.39, 0.29) is 0 Å². The van der Waals surface area contributed by atoms with Crippen molar-refractivity contribution in [1.29, 1.82) is 0 Å². The van der Waals surface area contributed by atoms with Gasteiger partial charge in [0.1, 0.15) is 0 Å². The topological polar surface area (TPSA) is 48.9 Å². The first-order valence-electron chi connectivity index (χ1n) is 7.43. The third-order valence-electron chi connectivity index (χ3n) is 3.23. The minimum atomic E-state index is 0.539. The standard InChI is InChI=1S/C16H22N4OS/c22-16(17-9-10-20-11-13-21-14-12-20)19-18-8-4-7-15-5-2-1-3-6-15/h1-8H,9-14H2,(H2,17,19,22)/b7-4+,18-8-. The maximum absolute atomic E-state index is 5.31. The van der Waals surface area contributed by atoms with Crippen LogP contribution in [0.3, 0.4) is 0 Å². The average molecular weight is 318 g/mol. The van der Waals surface area contributed by atoms with E-state index in [1.165, 1.54) is 0 Å². The molecule has 0 radical (unpaired) electrons. The van der Waals surface area contributed by atoms with Crippen LogP contribution in [0.1, 0.15) is 5.56 Å². The number of nitrogens with zero attached hydrogens (tertiary/aromatic N) is 2. The van der Waals surface area contributed by atoms with Gasteiger partial charge in [0.15, 0.2) is 5.11 Å². The van der Waals surface area contributed by atoms with Gasteiger partial charge in [0.2, 0.25) is 0 Å². The van der Waals surface area contributed by atoms with E-state index < -0.39 is 0 Å². The van der Waals surface area contributed by atoms with Gasteiger partial charge in [-0.15, -0.1) is 0 Å². The number of allylic oxidation sites excluding steroid dienone is 1. The molecule has 0 atom stereocenters. The largest absolute Gasteiger partial charge is 0.379 e. The number of hydrogen-bond donors (Lipinski definition) is 2. The van der Waals surface area contributed by atoms with Crippen LogP contribution in [-0.2, 0) is 4.74 Å². The lowest BCUT2D eigenvalue weighted by atomic mass is 10.2. The lowest BCUT2D eigenvalue weighted by molar-refractivity contribution is 0.0389. The highest BCUT2D eigenvalue weighted by Gasteiger charge is 2.09. The van der Waals surface area contributed by atoms with E-state index in [1.807, 2.05) is 42.5 Å². The van der Waals surface area contributed by atoms with Gasteiger partial charge in [0.05, 0.1) is 13.2 Å². The van der Waals surface area contributed by atoms with Crippen LogP contribution >= 0.6 is 12.2 Å². The van der Waals surface area contributed by atoms with Crippen molar-refractivity contribution in [3.63, 3.8) is 0 Å². The average Bonchev–Trinajstić information content (AvgIpc) is 2.56. The molecule has 22 heavy (non-hydrogen) atoms. The van der Waals surface area contributed by atoms with Gasteiger partial charge in [-0.3, -0.25) is 10.3 Å². The van der Waals surface area contributed by atoms with Gasteiger partial charge in [-0.25, -0.2) is 0 Å². The number of rotatable bonds is 6. The van der Waals surface area contributed by atoms with Crippen molar-refractivity contribution in [3.05, 3.63) is 42.0 Å². The van der Waals surface area contributed by atoms with E-state index in [0.29, 0.717) is 5.11 Å². The fourth-order valence-electron chi connectivity index (χ4n) is 2.05. The maximum Gasteiger partial charge on any atom is 0.187 e. The first-order chi connectivity index (χ1) is 10.8. The Hall–Kier alpha value is -1.76. The molecule has 1 aromatic carbocycles. The summed E-state index contributed by atoms with van der Waals surface area (Å²) in [5.41, 5.74) is 3.94. The van der Waals surface area contributed by atoms with E-state index in [1.54, 1.807) is 6.21 Å². The monoisotopic (exact) mass is 318 g/mol. The molecule has 1 saturated heterocycles. The Bertz CT molecular complexity index is 498. The van der Waals surface area contributed by atoms with E-state index in [9.17, 15) is 0 Å². The highest BCUT2D eigenvalue weighted by atomic mass is 32.1. The van der Waals surface area contributed by atoms with Crippen LogP contribution in [0.5, 0.6) is 0 Å². The summed E-state index contributed by atoms with van der Waals surface area (Å²) in [7, 11) is 0. The van der Waals surface area contributed by atoms with Crippen LogP contribution in [0.2, 0.25) is 0 Å². The predicted octanol–water partition coefficient (Wildman–Crippen LogP) is 1.48. The van der Waals surface area contributed by atoms with E-state index in [0.717, 1.165) is 45.0 Å². The minimum absolute atomic E-state index is 0.539. The second-order valence-corrected chi connectivity index (χ2v) is 5.28. The SMILES string of the molecule is S=C(NCCN1CCOCC1)N/N=C\C=C\c1ccccc1. The van der Waals surface area contributed by atoms with Gasteiger partial charge in [0.25, 0.3) is 0 Å². The fraction of sp³-hybridized carbons (Fsp3) is 0.375. The molecular weight excluding hydrogens is 296 g/mol. The maximum atomic E-state index is 5.31. The highest BCUT2D eigenvalue weighted by molar-refractivity contribution is 7.80. The minimum Gasteiger partial charge on any atom is -0.379 e. The van der Waals surface area contributed by atoms with Crippen molar-refractivity contribution < 1.29 is 4.74 Å². The quantitative estimate of drug-likeness (QED) is 0.473. The number of thiocarbonyl (C=S) groups is 1. The van der Waals surface area contributed by atoms with Gasteiger partial charge in [-0.05, 0) is 23.9 Å². The summed E-state index contributed by atoms with van der Waals surface area (Å²) in [4.78, 5) is 2.35. The van der Waals surface area contributed by atoms with E-state index >= 15 is 0 Å². The Labute approximate surface area is 137 Å². The molecule has 0 saturated carbocycles. The molecule has 2 N–H and O–H groups in total. The van der Waals surface area contributed by atoms with Crippen LogP contribution in [0, 0.1) is 0 Å². The lowest BCUT2D eigenvalue weighted by Crippen LogP contribution is -2.42. The molecule has 5 nitrogen and oxygen atoms in total. The van der Waals surface area contributed by atoms with Gasteiger partial charge in [0, 0.05) is 32.4 Å². The predicted molar refractivity (Wildman–Crippen MR) is 95.0 cm³/mol. The normalized spacial score (nSPS) is 16.2. The van der Waals surface area contributed by atoms with Gasteiger partial charge >= 0.3 is 0 Å². The zero-order valence-corrected chi connectivity index (χ0v) is 13.4. The van der Waals surface area contributed by atoms with Crippen LogP contribution in [0.25, 0.3) is 6.08 Å². The van der Waals surface area contributed by atoms with Crippen LogP contribution in [-0.4, -0.2) is 55.6 Å². The molecule has 6 heteroatoms. The summed E-state index contributed by atoms with van der Waals surface area (Å²) in [6.45, 7) is 5.39. The molecule has 1 aliphatic rings. The second kappa shape index (κ2) is 10.0. The molecule has 118 valence electrons. The zero-order valence-electron chi connectivity index (χ0n) is 12.6. The Morgan fingerprint density at radius 3 is 2.82 bits per heavy atom. The number of ether oxygens (including phenoxy) is 1. The molecule has 1 heterocycles. The smallest absolute Gasteiger partial charge is 0.187 e. The molecule has 0 bridgehead atoms. The molecule has 0 unspecified atom stereocenters. The third kappa shape index (κ3) is 6.80. The first-order valence-corrected chi connectivity index (χ1v) is 7.84. The van der Waals surface area contributed by atoms with E-state index in [2.05, 4.69) is 20.7 Å². The molecule has 0 spiro atoms. The molecule has 1 aliphatic heterocycles. The van der Waals surface area contributed by atoms with Crippen LogP contribution < -0.4 is 10.7 Å². The van der Waals surface area contributed by atoms with Gasteiger partial charge in [-0.1, -0.05) is 36.4 Å². The highest BCUT2D eigenvalue weighted by Crippen LogP contribution is 1.99. The van der Waals surface area contributed by atoms with Crippen LogP contribution in [0.15, 0.2) is 41.5 Å². The number of nitrogens with one attached hydrogen (secondary N) is 2. The number of morpholine rings is 1. The van der Waals surface area contributed by atoms with Crippen molar-refractivity contribution in [3.8, 4) is 0 Å². The van der Waals surface area contributed by atoms with Crippen molar-refractivity contribution in [1.82, 2.24) is 15.6 Å². The molecule has 2 rings (SSSR count). The summed E-state index contributed by atoms with van der Waals surface area (Å²) < 4.78 is 5.31. The molecule has 0 amide bonds. The number of hydrazone groups is 1. The van der Waals surface area contributed by atoms with Crippen LogP contribution in [0.4, 0.5) is 0 Å². The van der Waals surface area contributed by atoms with Gasteiger partial charge < -0.3 is 10.1 Å². The summed E-state index contributed by atoms with van der Waals surface area (Å²) in [5.74, 6) is 0. The van der Waals surface area contributed by atoms with Gasteiger partial charge in [-0.2, -0.15) is 5.10 Å². The Morgan fingerprint density at radius 2 is 2.05 bits per heavy atom. The number of hydrogen-bond acceptors (Lipinski definition) is 4. The molecule has 1 aromatic rings. The summed E-state index contributed by atoms with van der Waals surface area (Å²) in [6, 6.07) is 10.1. The zero-order chi connectivity index (χ0) is 15.5.